The standard InChI is InChI=1S/C30H43F4NO3/c1-16(5-4-6-22(36)24-21(31)11-14-35-27(24)32)17-7-8-18-25-19(9-12-28(17,18)2)29(3)13-10-23(37)26(38)20(29)15-30(25,33)34/h11,14,16-20,22-23,25-26,36-38H,4-10,12-13,15H2,1-3H3/t16-,17-,18+,19+,20+,22?,23+,25+,26-,28-,29-/m1/s1. The molecule has 4 saturated carbocycles. The summed E-state index contributed by atoms with van der Waals surface area (Å²) in [5.74, 6) is -5.69. The lowest BCUT2D eigenvalue weighted by atomic mass is 9.43. The summed E-state index contributed by atoms with van der Waals surface area (Å²) in [5.41, 5.74) is -0.985. The van der Waals surface area contributed by atoms with E-state index in [2.05, 4.69) is 25.8 Å². The fourth-order valence-electron chi connectivity index (χ4n) is 9.86. The van der Waals surface area contributed by atoms with Crippen LogP contribution in [0.1, 0.15) is 96.6 Å². The molecule has 0 amide bonds. The van der Waals surface area contributed by atoms with Crippen LogP contribution in [0.4, 0.5) is 17.6 Å². The first-order valence-corrected chi connectivity index (χ1v) is 14.5. The number of aromatic nitrogens is 1. The molecule has 0 aromatic carbocycles. The molecule has 214 valence electrons. The molecule has 1 unspecified atom stereocenters. The lowest BCUT2D eigenvalue weighted by Crippen LogP contribution is -2.64. The molecule has 0 bridgehead atoms. The second-order valence-electron chi connectivity index (χ2n) is 13.6. The predicted octanol–water partition coefficient (Wildman–Crippen LogP) is 6.44. The Kier molecular flexibility index (Phi) is 7.43. The number of rotatable bonds is 6. The fourth-order valence-corrected chi connectivity index (χ4v) is 9.86. The van der Waals surface area contributed by atoms with Crippen molar-refractivity contribution in [2.75, 3.05) is 0 Å². The maximum Gasteiger partial charge on any atom is 0.251 e. The molecule has 0 aliphatic heterocycles. The number of halogens is 4. The molecule has 4 aliphatic rings. The van der Waals surface area contributed by atoms with Gasteiger partial charge in [-0.3, -0.25) is 0 Å². The normalized spacial score (nSPS) is 43.6. The van der Waals surface area contributed by atoms with Crippen molar-refractivity contribution >= 4 is 0 Å². The summed E-state index contributed by atoms with van der Waals surface area (Å²) in [7, 11) is 0. The molecule has 8 heteroatoms. The molecule has 3 N–H and O–H groups in total. The summed E-state index contributed by atoms with van der Waals surface area (Å²) >= 11 is 0. The zero-order valence-corrected chi connectivity index (χ0v) is 22.7. The van der Waals surface area contributed by atoms with E-state index in [0.29, 0.717) is 25.7 Å². The number of nitrogens with zero attached hydrogens (tertiary/aromatic N) is 1. The summed E-state index contributed by atoms with van der Waals surface area (Å²) in [5, 5.41) is 31.3. The van der Waals surface area contributed by atoms with Crippen molar-refractivity contribution in [3.05, 3.63) is 29.6 Å². The van der Waals surface area contributed by atoms with E-state index in [1.165, 1.54) is 0 Å². The van der Waals surface area contributed by atoms with E-state index >= 15 is 8.78 Å². The molecule has 5 rings (SSSR count). The molecule has 0 radical (unpaired) electrons. The fraction of sp³-hybridized carbons (Fsp3) is 0.833. The van der Waals surface area contributed by atoms with Crippen LogP contribution in [0.2, 0.25) is 0 Å². The molecule has 1 heterocycles. The third-order valence-electron chi connectivity index (χ3n) is 11.8. The minimum atomic E-state index is -2.88. The average Bonchev–Trinajstić information content (AvgIpc) is 3.20. The number of aliphatic hydroxyl groups excluding tert-OH is 3. The van der Waals surface area contributed by atoms with Gasteiger partial charge in [-0.25, -0.2) is 18.2 Å². The van der Waals surface area contributed by atoms with Crippen LogP contribution in [0, 0.1) is 58.1 Å². The first-order chi connectivity index (χ1) is 17.8. The van der Waals surface area contributed by atoms with E-state index in [4.69, 9.17) is 0 Å². The van der Waals surface area contributed by atoms with E-state index in [0.717, 1.165) is 37.9 Å². The Bertz CT molecular complexity index is 1000. The van der Waals surface area contributed by atoms with Crippen molar-refractivity contribution < 1.29 is 32.9 Å². The third-order valence-corrected chi connectivity index (χ3v) is 11.8. The topological polar surface area (TPSA) is 73.6 Å². The van der Waals surface area contributed by atoms with Crippen molar-refractivity contribution in [3.63, 3.8) is 0 Å². The van der Waals surface area contributed by atoms with Crippen LogP contribution in [0.5, 0.6) is 0 Å². The van der Waals surface area contributed by atoms with E-state index in [1.807, 2.05) is 0 Å². The Labute approximate surface area is 223 Å². The van der Waals surface area contributed by atoms with Gasteiger partial charge in [-0.15, -0.1) is 0 Å². The Balaban J connectivity index is 1.28. The van der Waals surface area contributed by atoms with Gasteiger partial charge >= 0.3 is 0 Å². The zero-order chi connectivity index (χ0) is 27.6. The van der Waals surface area contributed by atoms with E-state index in [9.17, 15) is 24.1 Å². The molecule has 0 saturated heterocycles. The highest BCUT2D eigenvalue weighted by Crippen LogP contribution is 2.71. The second kappa shape index (κ2) is 9.99. The molecular weight excluding hydrogens is 498 g/mol. The van der Waals surface area contributed by atoms with Gasteiger partial charge in [0.15, 0.2) is 0 Å². The molecule has 4 aliphatic carbocycles. The lowest BCUT2D eigenvalue weighted by Gasteiger charge is -2.63. The SMILES string of the molecule is C[C@H](CCCC(O)c1c(F)ccnc1F)[C@H]1CC[C@H]2[C@H]3[C@H](CC[C@]12C)[C@@]1(C)CC[C@H](O)[C@H](O)[C@@H]1CC3(F)F. The van der Waals surface area contributed by atoms with E-state index < -0.39 is 53.4 Å². The molecule has 0 spiro atoms. The van der Waals surface area contributed by atoms with Crippen molar-refractivity contribution in [1.29, 1.82) is 0 Å². The Morgan fingerprint density at radius 1 is 0.974 bits per heavy atom. The van der Waals surface area contributed by atoms with Crippen molar-refractivity contribution in [2.24, 2.45) is 46.3 Å². The summed E-state index contributed by atoms with van der Waals surface area (Å²) in [4.78, 5) is 3.45. The maximum absolute atomic E-state index is 15.9. The van der Waals surface area contributed by atoms with Crippen LogP contribution in [-0.4, -0.2) is 38.4 Å². The van der Waals surface area contributed by atoms with Crippen molar-refractivity contribution in [2.45, 2.75) is 109 Å². The van der Waals surface area contributed by atoms with Gasteiger partial charge in [0.2, 0.25) is 5.95 Å². The molecular formula is C30H43F4NO3. The van der Waals surface area contributed by atoms with Crippen LogP contribution >= 0.6 is 0 Å². The number of hydrogen-bond donors (Lipinski definition) is 3. The van der Waals surface area contributed by atoms with Gasteiger partial charge in [0, 0.05) is 18.5 Å². The molecule has 4 nitrogen and oxygen atoms in total. The Morgan fingerprint density at radius 3 is 2.37 bits per heavy atom. The average molecular weight is 542 g/mol. The summed E-state index contributed by atoms with van der Waals surface area (Å²) < 4.78 is 59.8. The second-order valence-corrected chi connectivity index (χ2v) is 13.6. The van der Waals surface area contributed by atoms with Crippen LogP contribution in [-0.2, 0) is 0 Å². The van der Waals surface area contributed by atoms with Gasteiger partial charge in [0.1, 0.15) is 5.82 Å². The van der Waals surface area contributed by atoms with Gasteiger partial charge in [-0.1, -0.05) is 33.6 Å². The number of alkyl halides is 2. The first-order valence-electron chi connectivity index (χ1n) is 14.5. The molecule has 38 heavy (non-hydrogen) atoms. The Hall–Kier alpha value is -1.25. The van der Waals surface area contributed by atoms with E-state index in [-0.39, 0.29) is 47.3 Å². The van der Waals surface area contributed by atoms with Crippen molar-refractivity contribution in [3.8, 4) is 0 Å². The quantitative estimate of drug-likeness (QED) is 0.286. The van der Waals surface area contributed by atoms with Crippen LogP contribution in [0.25, 0.3) is 0 Å². The summed E-state index contributed by atoms with van der Waals surface area (Å²) in [6.45, 7) is 6.43. The predicted molar refractivity (Wildman–Crippen MR) is 135 cm³/mol. The minimum Gasteiger partial charge on any atom is -0.390 e. The summed E-state index contributed by atoms with van der Waals surface area (Å²) in [6.07, 6.45) is 3.33. The van der Waals surface area contributed by atoms with Crippen LogP contribution in [0.3, 0.4) is 0 Å². The zero-order valence-electron chi connectivity index (χ0n) is 22.7. The highest BCUT2D eigenvalue weighted by molar-refractivity contribution is 5.17. The highest BCUT2D eigenvalue weighted by Gasteiger charge is 2.69. The monoisotopic (exact) mass is 541 g/mol. The first kappa shape index (κ1) is 28.3. The van der Waals surface area contributed by atoms with Crippen molar-refractivity contribution in [1.82, 2.24) is 4.98 Å². The van der Waals surface area contributed by atoms with Gasteiger partial charge in [-0.2, -0.15) is 4.39 Å². The molecule has 1 aromatic rings. The number of aliphatic hydroxyl groups is 3. The Morgan fingerprint density at radius 2 is 1.66 bits per heavy atom. The van der Waals surface area contributed by atoms with Crippen LogP contribution < -0.4 is 0 Å². The lowest BCUT2D eigenvalue weighted by molar-refractivity contribution is -0.258. The summed E-state index contributed by atoms with van der Waals surface area (Å²) in [6, 6.07) is 1.04. The third kappa shape index (κ3) is 4.41. The highest BCUT2D eigenvalue weighted by atomic mass is 19.3. The number of pyridine rings is 1. The van der Waals surface area contributed by atoms with Gasteiger partial charge in [0.25, 0.3) is 5.92 Å². The molecule has 11 atom stereocenters. The molecule has 4 fully saturated rings. The number of fused-ring (bicyclic) bond motifs is 5. The van der Waals surface area contributed by atoms with E-state index in [1.54, 1.807) is 0 Å². The van der Waals surface area contributed by atoms with Gasteiger partial charge in [0.05, 0.1) is 23.9 Å². The number of hydrogen-bond acceptors (Lipinski definition) is 4. The smallest absolute Gasteiger partial charge is 0.251 e. The van der Waals surface area contributed by atoms with Crippen LogP contribution in [0.15, 0.2) is 12.3 Å². The van der Waals surface area contributed by atoms with Gasteiger partial charge < -0.3 is 15.3 Å². The largest absolute Gasteiger partial charge is 0.390 e. The maximum atomic E-state index is 15.9. The molecule has 1 aromatic heterocycles. The minimum absolute atomic E-state index is 0.0883. The van der Waals surface area contributed by atoms with Gasteiger partial charge in [-0.05, 0) is 91.4 Å².